The molecule has 1 heterocycles. The highest BCUT2D eigenvalue weighted by molar-refractivity contribution is 9.10. The first kappa shape index (κ1) is 13.4. The zero-order chi connectivity index (χ0) is 13.0. The second-order valence-corrected chi connectivity index (χ2v) is 4.85. The molecule has 0 bridgehead atoms. The third-order valence-electron chi connectivity index (χ3n) is 2.65. The Hall–Kier alpha value is -1.07. The van der Waals surface area contributed by atoms with E-state index in [-0.39, 0.29) is 18.7 Å². The summed E-state index contributed by atoms with van der Waals surface area (Å²) in [6.45, 7) is 2.90. The number of esters is 1. The van der Waals surface area contributed by atoms with Crippen molar-refractivity contribution in [3.05, 3.63) is 28.2 Å². The van der Waals surface area contributed by atoms with Crippen LogP contribution in [0.5, 0.6) is 5.75 Å². The lowest BCUT2D eigenvalue weighted by Crippen LogP contribution is -2.21. The van der Waals surface area contributed by atoms with Gasteiger partial charge in [-0.25, -0.2) is 4.79 Å². The Labute approximate surface area is 114 Å². The predicted molar refractivity (Wildman–Crippen MR) is 69.6 cm³/mol. The second-order valence-electron chi connectivity index (χ2n) is 3.93. The predicted octanol–water partition coefficient (Wildman–Crippen LogP) is 2.85. The number of carbonyl (C=O) groups is 1. The number of carbonyl (C=O) groups excluding carboxylic acids is 1. The van der Waals surface area contributed by atoms with Crippen LogP contribution in [0, 0.1) is 0 Å². The monoisotopic (exact) mass is 314 g/mol. The van der Waals surface area contributed by atoms with Gasteiger partial charge in [0.05, 0.1) is 6.61 Å². The van der Waals surface area contributed by atoms with Gasteiger partial charge in [-0.15, -0.1) is 0 Å². The van der Waals surface area contributed by atoms with E-state index >= 15 is 0 Å². The van der Waals surface area contributed by atoms with Gasteiger partial charge in [0, 0.05) is 23.1 Å². The molecule has 0 saturated heterocycles. The minimum absolute atomic E-state index is 0.00278. The molecule has 0 saturated carbocycles. The third-order valence-corrected chi connectivity index (χ3v) is 3.15. The maximum Gasteiger partial charge on any atom is 0.332 e. The molecule has 1 aliphatic heterocycles. The van der Waals surface area contributed by atoms with Crippen LogP contribution in [0.4, 0.5) is 0 Å². The lowest BCUT2D eigenvalue weighted by molar-refractivity contribution is -0.156. The van der Waals surface area contributed by atoms with Crippen molar-refractivity contribution in [1.29, 1.82) is 0 Å². The quantitative estimate of drug-likeness (QED) is 0.802. The summed E-state index contributed by atoms with van der Waals surface area (Å²) >= 11 is 3.41. The minimum Gasteiger partial charge on any atom is -0.493 e. The first-order valence-electron chi connectivity index (χ1n) is 5.90. The Kier molecular flexibility index (Phi) is 4.60. The van der Waals surface area contributed by atoms with Crippen LogP contribution >= 0.6 is 15.9 Å². The largest absolute Gasteiger partial charge is 0.493 e. The summed E-state index contributed by atoms with van der Waals surface area (Å²) in [6.07, 6.45) is 0.417. The van der Waals surface area contributed by atoms with Crippen LogP contribution in [0.1, 0.15) is 25.0 Å². The summed E-state index contributed by atoms with van der Waals surface area (Å²) < 4.78 is 16.9. The van der Waals surface area contributed by atoms with Gasteiger partial charge in [0.1, 0.15) is 18.5 Å². The summed E-state index contributed by atoms with van der Waals surface area (Å²) in [5.41, 5.74) is 0.903. The van der Waals surface area contributed by atoms with Crippen molar-refractivity contribution < 1.29 is 19.0 Å². The lowest BCUT2D eigenvalue weighted by Gasteiger charge is -2.26. The first-order chi connectivity index (χ1) is 8.70. The van der Waals surface area contributed by atoms with Crippen molar-refractivity contribution in [1.82, 2.24) is 0 Å². The molecule has 0 aromatic heterocycles. The Balaban J connectivity index is 2.07. The van der Waals surface area contributed by atoms with Crippen molar-refractivity contribution in [2.24, 2.45) is 0 Å². The van der Waals surface area contributed by atoms with E-state index in [1.54, 1.807) is 0 Å². The number of halogens is 1. The van der Waals surface area contributed by atoms with Crippen molar-refractivity contribution in [2.75, 3.05) is 19.8 Å². The van der Waals surface area contributed by atoms with Gasteiger partial charge >= 0.3 is 5.97 Å². The Morgan fingerprint density at radius 1 is 1.56 bits per heavy atom. The van der Waals surface area contributed by atoms with Gasteiger partial charge in [-0.05, 0) is 25.1 Å². The molecule has 5 heteroatoms. The summed E-state index contributed by atoms with van der Waals surface area (Å²) in [5.74, 6) is 0.438. The number of hydrogen-bond acceptors (Lipinski definition) is 4. The lowest BCUT2D eigenvalue weighted by atomic mass is 10.0. The van der Waals surface area contributed by atoms with Gasteiger partial charge in [0.2, 0.25) is 0 Å². The molecule has 0 fully saturated rings. The average molecular weight is 315 g/mol. The Morgan fingerprint density at radius 3 is 3.17 bits per heavy atom. The van der Waals surface area contributed by atoms with E-state index in [1.807, 2.05) is 25.1 Å². The van der Waals surface area contributed by atoms with E-state index in [2.05, 4.69) is 15.9 Å². The molecular weight excluding hydrogens is 300 g/mol. The average Bonchev–Trinajstić information content (AvgIpc) is 2.37. The molecule has 1 aromatic carbocycles. The molecule has 2 rings (SSSR count). The molecule has 1 aliphatic rings. The zero-order valence-corrected chi connectivity index (χ0v) is 11.7. The van der Waals surface area contributed by atoms with E-state index in [1.165, 1.54) is 0 Å². The smallest absolute Gasteiger partial charge is 0.332 e. The van der Waals surface area contributed by atoms with Crippen molar-refractivity contribution in [2.45, 2.75) is 19.4 Å². The van der Waals surface area contributed by atoms with Gasteiger partial charge in [-0.1, -0.05) is 15.9 Å². The third kappa shape index (κ3) is 3.23. The number of fused-ring (bicyclic) bond motifs is 1. The molecule has 0 spiro atoms. The highest BCUT2D eigenvalue weighted by Gasteiger charge is 2.25. The fourth-order valence-electron chi connectivity index (χ4n) is 1.83. The van der Waals surface area contributed by atoms with Crippen LogP contribution < -0.4 is 4.74 Å². The zero-order valence-electron chi connectivity index (χ0n) is 10.1. The molecular formula is C13H15BrO4. The van der Waals surface area contributed by atoms with Gasteiger partial charge < -0.3 is 14.2 Å². The van der Waals surface area contributed by atoms with Gasteiger partial charge in [0.25, 0.3) is 0 Å². The molecule has 98 valence electrons. The number of benzene rings is 1. The van der Waals surface area contributed by atoms with E-state index in [4.69, 9.17) is 14.2 Å². The van der Waals surface area contributed by atoms with Crippen molar-refractivity contribution >= 4 is 21.9 Å². The first-order valence-corrected chi connectivity index (χ1v) is 6.69. The summed E-state index contributed by atoms with van der Waals surface area (Å²) in [5, 5.41) is 0. The van der Waals surface area contributed by atoms with Crippen LogP contribution in [-0.4, -0.2) is 25.8 Å². The summed E-state index contributed by atoms with van der Waals surface area (Å²) in [7, 11) is 0. The highest BCUT2D eigenvalue weighted by atomic mass is 79.9. The summed E-state index contributed by atoms with van der Waals surface area (Å²) in [6, 6.07) is 5.71. The summed E-state index contributed by atoms with van der Waals surface area (Å²) in [4.78, 5) is 11.6. The molecule has 0 amide bonds. The molecule has 4 nitrogen and oxygen atoms in total. The molecule has 1 aromatic rings. The minimum atomic E-state index is -0.338. The highest BCUT2D eigenvalue weighted by Crippen LogP contribution is 2.36. The molecule has 0 aliphatic carbocycles. The van der Waals surface area contributed by atoms with E-state index in [0.29, 0.717) is 19.6 Å². The Bertz CT molecular complexity index is 433. The second kappa shape index (κ2) is 6.20. The van der Waals surface area contributed by atoms with Crippen molar-refractivity contribution in [3.63, 3.8) is 0 Å². The topological polar surface area (TPSA) is 44.8 Å². The maximum atomic E-state index is 11.6. The van der Waals surface area contributed by atoms with E-state index in [9.17, 15) is 4.79 Å². The standard InChI is InChI=1S/C13H15BrO4/c1-2-16-8-13(15)18-12-5-6-17-11-4-3-9(14)7-10(11)12/h3-4,7,12H,2,5-6,8H2,1H3/t12-/m1/s1. The molecule has 0 unspecified atom stereocenters. The number of ether oxygens (including phenoxy) is 3. The van der Waals surface area contributed by atoms with Crippen LogP contribution in [0.3, 0.4) is 0 Å². The van der Waals surface area contributed by atoms with E-state index < -0.39 is 0 Å². The van der Waals surface area contributed by atoms with Gasteiger partial charge in [0.15, 0.2) is 0 Å². The van der Waals surface area contributed by atoms with Gasteiger partial charge in [-0.3, -0.25) is 0 Å². The molecule has 0 N–H and O–H groups in total. The van der Waals surface area contributed by atoms with Crippen LogP contribution in [0.2, 0.25) is 0 Å². The van der Waals surface area contributed by atoms with Crippen LogP contribution in [0.15, 0.2) is 22.7 Å². The number of rotatable bonds is 4. The van der Waals surface area contributed by atoms with Crippen LogP contribution in [-0.2, 0) is 14.3 Å². The molecule has 0 radical (unpaired) electrons. The fraction of sp³-hybridized carbons (Fsp3) is 0.462. The van der Waals surface area contributed by atoms with E-state index in [0.717, 1.165) is 15.8 Å². The number of hydrogen-bond donors (Lipinski definition) is 0. The van der Waals surface area contributed by atoms with Gasteiger partial charge in [-0.2, -0.15) is 0 Å². The fourth-order valence-corrected chi connectivity index (χ4v) is 2.21. The molecule has 18 heavy (non-hydrogen) atoms. The van der Waals surface area contributed by atoms with Crippen molar-refractivity contribution in [3.8, 4) is 5.75 Å². The SMILES string of the molecule is CCOCC(=O)O[C@@H]1CCOc2ccc(Br)cc21. The Morgan fingerprint density at radius 2 is 2.39 bits per heavy atom. The normalized spacial score (nSPS) is 17.8. The molecule has 1 atom stereocenters. The maximum absolute atomic E-state index is 11.6. The van der Waals surface area contributed by atoms with Crippen LogP contribution in [0.25, 0.3) is 0 Å².